The average Bonchev–Trinajstić information content (AvgIpc) is 3.09. The third-order valence-electron chi connectivity index (χ3n) is 5.92. The van der Waals surface area contributed by atoms with Crippen LogP contribution in [0.25, 0.3) is 33.5 Å². The number of fused-ring (bicyclic) bond motifs is 3. The van der Waals surface area contributed by atoms with Crippen LogP contribution in [-0.4, -0.2) is 18.3 Å². The lowest BCUT2D eigenvalue weighted by atomic mass is 9.72. The molecule has 4 heteroatoms. The van der Waals surface area contributed by atoms with Crippen LogP contribution in [0.1, 0.15) is 45.7 Å². The monoisotopic (exact) mass is 360 g/mol. The molecule has 138 valence electrons. The second kappa shape index (κ2) is 6.11. The van der Waals surface area contributed by atoms with Crippen molar-refractivity contribution in [3.05, 3.63) is 60.2 Å². The van der Waals surface area contributed by atoms with Crippen LogP contribution >= 0.6 is 0 Å². The summed E-state index contributed by atoms with van der Waals surface area (Å²) >= 11 is 0. The first-order chi connectivity index (χ1) is 12.8. The highest BCUT2D eigenvalue weighted by atomic mass is 16.7. The summed E-state index contributed by atoms with van der Waals surface area (Å²) < 4.78 is 18.6. The molecule has 0 unspecified atom stereocenters. The Kier molecular flexibility index (Phi) is 4.10. The molecule has 2 aromatic carbocycles. The molecule has 2 heterocycles. The molecule has 3 nitrogen and oxygen atoms in total. The van der Waals surface area contributed by atoms with Crippen LogP contribution in [-0.2, 0) is 9.31 Å². The first kappa shape index (κ1) is 18.1. The number of para-hydroxylation sites is 1. The largest absolute Gasteiger partial charge is 0.495 e. The van der Waals surface area contributed by atoms with Gasteiger partial charge in [0.2, 0.25) is 0 Å². The van der Waals surface area contributed by atoms with Gasteiger partial charge in [0.15, 0.2) is 0 Å². The van der Waals surface area contributed by atoms with Gasteiger partial charge in [0.25, 0.3) is 0 Å². The molecule has 0 spiro atoms. The van der Waals surface area contributed by atoms with Gasteiger partial charge >= 0.3 is 7.12 Å². The molecule has 1 aliphatic heterocycles. The minimum atomic E-state index is -0.422. The standard InChI is InChI=1S/C23H25BO3/c1-7-15-16(18(8-2)24-26-22(3,4)23(5,6)27-24)13-14-20-21(15)17-11-9-10-12-19(17)25-20/h7-14H,1H2,2-6H3/b18-8+. The molecule has 1 fully saturated rings. The maximum absolute atomic E-state index is 6.30. The van der Waals surface area contributed by atoms with Crippen LogP contribution in [0.5, 0.6) is 0 Å². The van der Waals surface area contributed by atoms with Gasteiger partial charge in [0.1, 0.15) is 11.2 Å². The Labute approximate surface area is 160 Å². The molecule has 0 N–H and O–H groups in total. The molecule has 4 rings (SSSR count). The quantitative estimate of drug-likeness (QED) is 0.516. The van der Waals surface area contributed by atoms with E-state index in [1.807, 2.05) is 37.3 Å². The topological polar surface area (TPSA) is 31.6 Å². The van der Waals surface area contributed by atoms with Gasteiger partial charge in [-0.25, -0.2) is 0 Å². The van der Waals surface area contributed by atoms with Gasteiger partial charge in [-0.05, 0) is 63.4 Å². The fourth-order valence-corrected chi connectivity index (χ4v) is 3.70. The Morgan fingerprint density at radius 3 is 2.26 bits per heavy atom. The first-order valence-corrected chi connectivity index (χ1v) is 9.38. The summed E-state index contributed by atoms with van der Waals surface area (Å²) in [6.07, 6.45) is 3.97. The number of allylic oxidation sites excluding steroid dienone is 1. The van der Waals surface area contributed by atoms with Crippen LogP contribution in [0, 0.1) is 0 Å². The Morgan fingerprint density at radius 1 is 0.963 bits per heavy atom. The van der Waals surface area contributed by atoms with E-state index in [9.17, 15) is 0 Å². The second-order valence-corrected chi connectivity index (χ2v) is 8.03. The molecule has 27 heavy (non-hydrogen) atoms. The van der Waals surface area contributed by atoms with Crippen LogP contribution in [0.2, 0.25) is 0 Å². The lowest BCUT2D eigenvalue weighted by Gasteiger charge is -2.32. The van der Waals surface area contributed by atoms with Crippen molar-refractivity contribution in [3.8, 4) is 0 Å². The molecule has 1 aromatic heterocycles. The zero-order valence-corrected chi connectivity index (χ0v) is 16.6. The van der Waals surface area contributed by atoms with E-state index in [0.717, 1.165) is 38.5 Å². The van der Waals surface area contributed by atoms with Crippen molar-refractivity contribution < 1.29 is 13.7 Å². The molecule has 0 saturated carbocycles. The van der Waals surface area contributed by atoms with Crippen molar-refractivity contribution in [1.29, 1.82) is 0 Å². The highest BCUT2D eigenvalue weighted by molar-refractivity contribution is 6.69. The van der Waals surface area contributed by atoms with Gasteiger partial charge in [0, 0.05) is 10.8 Å². The Balaban J connectivity index is 1.90. The average molecular weight is 360 g/mol. The molecule has 1 saturated heterocycles. The van der Waals surface area contributed by atoms with Crippen molar-refractivity contribution in [3.63, 3.8) is 0 Å². The van der Waals surface area contributed by atoms with Crippen LogP contribution in [0.4, 0.5) is 0 Å². The van der Waals surface area contributed by atoms with Gasteiger partial charge in [-0.1, -0.05) is 43.0 Å². The highest BCUT2D eigenvalue weighted by Crippen LogP contribution is 2.42. The first-order valence-electron chi connectivity index (χ1n) is 9.38. The third kappa shape index (κ3) is 2.67. The minimum absolute atomic E-state index is 0.382. The Bertz CT molecular complexity index is 1060. The fraction of sp³-hybridized carbons (Fsp3) is 0.304. The van der Waals surface area contributed by atoms with Crippen LogP contribution in [0.3, 0.4) is 0 Å². The lowest BCUT2D eigenvalue weighted by molar-refractivity contribution is 0.00578. The van der Waals surface area contributed by atoms with E-state index in [1.165, 1.54) is 0 Å². The van der Waals surface area contributed by atoms with Crippen molar-refractivity contribution in [1.82, 2.24) is 0 Å². The molecule has 0 bridgehead atoms. The van der Waals surface area contributed by atoms with Gasteiger partial charge in [0.05, 0.1) is 11.2 Å². The number of furan rings is 1. The minimum Gasteiger partial charge on any atom is -0.456 e. The third-order valence-corrected chi connectivity index (χ3v) is 5.92. The Hall–Kier alpha value is -2.30. The number of benzene rings is 2. The summed E-state index contributed by atoms with van der Waals surface area (Å²) in [4.78, 5) is 0. The summed E-state index contributed by atoms with van der Waals surface area (Å²) in [7, 11) is -0.422. The number of rotatable bonds is 3. The predicted octanol–water partition coefficient (Wildman–Crippen LogP) is 6.26. The summed E-state index contributed by atoms with van der Waals surface area (Å²) in [5, 5.41) is 2.17. The van der Waals surface area contributed by atoms with E-state index in [2.05, 4.69) is 52.5 Å². The molecule has 0 atom stereocenters. The SMILES string of the molecule is C=Cc1c(/C(=C\C)B2OC(C)(C)C(C)(C)O2)ccc2oc3ccccc3c12. The van der Waals surface area contributed by atoms with Gasteiger partial charge in [-0.2, -0.15) is 0 Å². The van der Waals surface area contributed by atoms with Crippen LogP contribution < -0.4 is 0 Å². The zero-order chi connectivity index (χ0) is 19.4. The number of hydrogen-bond donors (Lipinski definition) is 0. The van der Waals surface area contributed by atoms with E-state index < -0.39 is 7.12 Å². The number of hydrogen-bond acceptors (Lipinski definition) is 3. The van der Waals surface area contributed by atoms with E-state index in [0.29, 0.717) is 0 Å². The van der Waals surface area contributed by atoms with Gasteiger partial charge in [-0.3, -0.25) is 0 Å². The molecule has 0 amide bonds. The summed E-state index contributed by atoms with van der Waals surface area (Å²) in [5.41, 5.74) is 4.09. The van der Waals surface area contributed by atoms with E-state index in [1.54, 1.807) is 0 Å². The summed E-state index contributed by atoms with van der Waals surface area (Å²) in [6, 6.07) is 12.2. The molecular weight excluding hydrogens is 335 g/mol. The zero-order valence-electron chi connectivity index (χ0n) is 16.6. The fourth-order valence-electron chi connectivity index (χ4n) is 3.70. The molecule has 0 radical (unpaired) electrons. The lowest BCUT2D eigenvalue weighted by Crippen LogP contribution is -2.41. The maximum atomic E-state index is 6.30. The van der Waals surface area contributed by atoms with Crippen molar-refractivity contribution in [2.45, 2.75) is 45.8 Å². The van der Waals surface area contributed by atoms with Crippen LogP contribution in [0.15, 0.2) is 53.5 Å². The molecular formula is C23H25BO3. The summed E-state index contributed by atoms with van der Waals surface area (Å²) in [5.74, 6) is 0. The normalized spacial score (nSPS) is 19.1. The summed E-state index contributed by atoms with van der Waals surface area (Å²) in [6.45, 7) is 14.4. The maximum Gasteiger partial charge on any atom is 0.495 e. The van der Waals surface area contributed by atoms with Crippen molar-refractivity contribution in [2.24, 2.45) is 0 Å². The van der Waals surface area contributed by atoms with E-state index >= 15 is 0 Å². The molecule has 3 aromatic rings. The molecule has 1 aliphatic rings. The second-order valence-electron chi connectivity index (χ2n) is 8.03. The van der Waals surface area contributed by atoms with E-state index in [-0.39, 0.29) is 11.2 Å². The van der Waals surface area contributed by atoms with Gasteiger partial charge < -0.3 is 13.7 Å². The highest BCUT2D eigenvalue weighted by Gasteiger charge is 2.52. The van der Waals surface area contributed by atoms with Crippen molar-refractivity contribution in [2.75, 3.05) is 0 Å². The predicted molar refractivity (Wildman–Crippen MR) is 114 cm³/mol. The van der Waals surface area contributed by atoms with Crippen molar-refractivity contribution >= 4 is 40.6 Å². The molecule has 0 aliphatic carbocycles. The van der Waals surface area contributed by atoms with Gasteiger partial charge in [-0.15, -0.1) is 0 Å². The van der Waals surface area contributed by atoms with E-state index in [4.69, 9.17) is 13.7 Å². The smallest absolute Gasteiger partial charge is 0.456 e. The Morgan fingerprint density at radius 2 is 1.63 bits per heavy atom.